The normalized spacial score (nSPS) is 11.8. The molecule has 1 amide bonds. The highest BCUT2D eigenvalue weighted by molar-refractivity contribution is 7.89. The Bertz CT molecular complexity index is 1160. The molecule has 2 aromatic carbocycles. The number of nitrogens with one attached hydrogen (secondary N) is 1. The molecule has 31 heavy (non-hydrogen) atoms. The summed E-state index contributed by atoms with van der Waals surface area (Å²) in [5.41, 5.74) is 2.34. The van der Waals surface area contributed by atoms with E-state index in [0.717, 1.165) is 16.1 Å². The Morgan fingerprint density at radius 1 is 1.16 bits per heavy atom. The summed E-state index contributed by atoms with van der Waals surface area (Å²) in [6.07, 6.45) is 0.159. The van der Waals surface area contributed by atoms with Gasteiger partial charge < -0.3 is 5.32 Å². The number of nitrogens with zero attached hydrogens (tertiary/aromatic N) is 2. The molecule has 0 spiro atoms. The Kier molecular flexibility index (Phi) is 7.48. The van der Waals surface area contributed by atoms with Gasteiger partial charge in [0.1, 0.15) is 5.01 Å². The number of aromatic nitrogens is 1. The summed E-state index contributed by atoms with van der Waals surface area (Å²) >= 11 is 7.66. The van der Waals surface area contributed by atoms with Gasteiger partial charge in [0.2, 0.25) is 15.9 Å². The van der Waals surface area contributed by atoms with E-state index in [-0.39, 0.29) is 23.3 Å². The molecule has 0 atom stereocenters. The number of thiazole rings is 1. The summed E-state index contributed by atoms with van der Waals surface area (Å²) in [7, 11) is -1.96. The number of carbonyl (C=O) groups is 1. The highest BCUT2D eigenvalue weighted by Gasteiger charge is 2.22. The molecule has 3 rings (SSSR count). The van der Waals surface area contributed by atoms with Crippen molar-refractivity contribution < 1.29 is 13.2 Å². The average molecular weight is 478 g/mol. The van der Waals surface area contributed by atoms with Crippen molar-refractivity contribution >= 4 is 38.9 Å². The van der Waals surface area contributed by atoms with E-state index in [2.05, 4.69) is 10.3 Å². The maximum Gasteiger partial charge on any atom is 0.243 e. The summed E-state index contributed by atoms with van der Waals surface area (Å²) in [5, 5.41) is 6.09. The average Bonchev–Trinajstić information content (AvgIpc) is 3.20. The van der Waals surface area contributed by atoms with E-state index in [4.69, 9.17) is 11.6 Å². The topological polar surface area (TPSA) is 79.4 Å². The zero-order valence-electron chi connectivity index (χ0n) is 17.5. The molecule has 164 valence electrons. The summed E-state index contributed by atoms with van der Waals surface area (Å²) in [4.78, 5) is 17.1. The predicted octanol–water partition coefficient (Wildman–Crippen LogP) is 4.35. The van der Waals surface area contributed by atoms with Gasteiger partial charge in [0.25, 0.3) is 0 Å². The smallest absolute Gasteiger partial charge is 0.243 e. The molecule has 0 aliphatic rings. The first-order valence-electron chi connectivity index (χ1n) is 9.71. The molecule has 1 aromatic heterocycles. The standard InChI is InChI=1S/C22H24ClN3O3S2/c1-15(2)26(3)31(28,29)18-10-8-16(9-11-18)13-24-21(27)12-17-14-30-22(25-17)19-6-4-5-7-20(19)23/h4-11,14-15H,12-13H2,1-3H3,(H,24,27). The third-order valence-corrected chi connectivity index (χ3v) is 8.12. The van der Waals surface area contributed by atoms with Crippen LogP contribution in [0.5, 0.6) is 0 Å². The SMILES string of the molecule is CC(C)N(C)S(=O)(=O)c1ccc(CNC(=O)Cc2csc(-c3ccccc3Cl)n2)cc1. The number of rotatable bonds is 8. The Balaban J connectivity index is 1.58. The van der Waals surface area contributed by atoms with E-state index in [1.807, 2.05) is 43.5 Å². The third kappa shape index (κ3) is 5.71. The second-order valence-corrected chi connectivity index (χ2v) is 10.6. The maximum atomic E-state index is 12.5. The molecule has 0 unspecified atom stereocenters. The van der Waals surface area contributed by atoms with Gasteiger partial charge in [0.15, 0.2) is 0 Å². The third-order valence-electron chi connectivity index (χ3n) is 4.81. The summed E-state index contributed by atoms with van der Waals surface area (Å²) in [6.45, 7) is 3.95. The van der Waals surface area contributed by atoms with Crippen LogP contribution in [0.25, 0.3) is 10.6 Å². The van der Waals surface area contributed by atoms with Crippen LogP contribution in [0.1, 0.15) is 25.1 Å². The fraction of sp³-hybridized carbons (Fsp3) is 0.273. The van der Waals surface area contributed by atoms with Crippen LogP contribution >= 0.6 is 22.9 Å². The van der Waals surface area contributed by atoms with Crippen molar-refractivity contribution in [3.05, 3.63) is 70.2 Å². The fourth-order valence-electron chi connectivity index (χ4n) is 2.80. The van der Waals surface area contributed by atoms with Gasteiger partial charge in [-0.1, -0.05) is 41.9 Å². The van der Waals surface area contributed by atoms with Crippen molar-refractivity contribution in [1.82, 2.24) is 14.6 Å². The molecule has 3 aromatic rings. The van der Waals surface area contributed by atoms with E-state index in [9.17, 15) is 13.2 Å². The van der Waals surface area contributed by atoms with Gasteiger partial charge in [0, 0.05) is 30.6 Å². The second-order valence-electron chi connectivity index (χ2n) is 7.34. The van der Waals surface area contributed by atoms with Gasteiger partial charge in [-0.15, -0.1) is 11.3 Å². The lowest BCUT2D eigenvalue weighted by Gasteiger charge is -2.21. The second kappa shape index (κ2) is 9.91. The maximum absolute atomic E-state index is 12.5. The van der Waals surface area contributed by atoms with Gasteiger partial charge in [-0.3, -0.25) is 4.79 Å². The molecule has 0 bridgehead atoms. The first-order valence-corrected chi connectivity index (χ1v) is 12.4. The molecule has 0 aliphatic carbocycles. The lowest BCUT2D eigenvalue weighted by Crippen LogP contribution is -2.33. The number of amides is 1. The Hall–Kier alpha value is -2.26. The minimum Gasteiger partial charge on any atom is -0.352 e. The van der Waals surface area contributed by atoms with Crippen LogP contribution in [0.3, 0.4) is 0 Å². The van der Waals surface area contributed by atoms with Gasteiger partial charge >= 0.3 is 0 Å². The summed E-state index contributed by atoms with van der Waals surface area (Å²) < 4.78 is 26.4. The van der Waals surface area contributed by atoms with Crippen molar-refractivity contribution in [3.63, 3.8) is 0 Å². The van der Waals surface area contributed by atoms with E-state index < -0.39 is 10.0 Å². The quantitative estimate of drug-likeness (QED) is 0.523. The first-order chi connectivity index (χ1) is 14.7. The van der Waals surface area contributed by atoms with Crippen molar-refractivity contribution in [2.75, 3.05) is 7.05 Å². The zero-order valence-corrected chi connectivity index (χ0v) is 19.9. The number of halogens is 1. The lowest BCUT2D eigenvalue weighted by molar-refractivity contribution is -0.120. The highest BCUT2D eigenvalue weighted by atomic mass is 35.5. The Morgan fingerprint density at radius 3 is 2.48 bits per heavy atom. The molecule has 9 heteroatoms. The van der Waals surface area contributed by atoms with E-state index in [0.29, 0.717) is 17.3 Å². The fourth-order valence-corrected chi connectivity index (χ4v) is 5.30. The minimum absolute atomic E-state index is 0.131. The molecule has 0 radical (unpaired) electrons. The van der Waals surface area contributed by atoms with Crippen molar-refractivity contribution in [3.8, 4) is 10.6 Å². The van der Waals surface area contributed by atoms with Gasteiger partial charge in [-0.25, -0.2) is 13.4 Å². The lowest BCUT2D eigenvalue weighted by atomic mass is 10.2. The molecule has 6 nitrogen and oxygen atoms in total. The molecule has 1 heterocycles. The van der Waals surface area contributed by atoms with E-state index in [1.54, 1.807) is 31.3 Å². The number of hydrogen-bond acceptors (Lipinski definition) is 5. The number of sulfonamides is 1. The largest absolute Gasteiger partial charge is 0.352 e. The van der Waals surface area contributed by atoms with E-state index >= 15 is 0 Å². The number of hydrogen-bond donors (Lipinski definition) is 1. The molecule has 0 saturated heterocycles. The van der Waals surface area contributed by atoms with Crippen LogP contribution in [0, 0.1) is 0 Å². The molecule has 0 fully saturated rings. The summed E-state index contributed by atoms with van der Waals surface area (Å²) in [5.74, 6) is -0.160. The minimum atomic E-state index is -3.52. The van der Waals surface area contributed by atoms with Gasteiger partial charge in [-0.2, -0.15) is 4.31 Å². The van der Waals surface area contributed by atoms with Crippen molar-refractivity contribution in [1.29, 1.82) is 0 Å². The molecule has 0 saturated carbocycles. The predicted molar refractivity (Wildman–Crippen MR) is 125 cm³/mol. The van der Waals surface area contributed by atoms with E-state index in [1.165, 1.54) is 15.6 Å². The van der Waals surface area contributed by atoms with Gasteiger partial charge in [-0.05, 0) is 37.6 Å². The highest BCUT2D eigenvalue weighted by Crippen LogP contribution is 2.30. The molecular weight excluding hydrogens is 454 g/mol. The molecule has 1 N–H and O–H groups in total. The number of carbonyl (C=O) groups excluding carboxylic acids is 1. The molecular formula is C22H24ClN3O3S2. The zero-order chi connectivity index (χ0) is 22.6. The van der Waals surface area contributed by atoms with Crippen LogP contribution in [-0.4, -0.2) is 36.7 Å². The van der Waals surface area contributed by atoms with Crippen molar-refractivity contribution in [2.45, 2.75) is 37.8 Å². The van der Waals surface area contributed by atoms with Gasteiger partial charge in [0.05, 0.1) is 22.0 Å². The van der Waals surface area contributed by atoms with Crippen LogP contribution in [0.15, 0.2) is 58.8 Å². The summed E-state index contributed by atoms with van der Waals surface area (Å²) in [6, 6.07) is 13.9. The number of benzene rings is 2. The molecule has 0 aliphatic heterocycles. The monoisotopic (exact) mass is 477 g/mol. The van der Waals surface area contributed by atoms with Crippen LogP contribution in [0.4, 0.5) is 0 Å². The Labute approximate surface area is 191 Å². The Morgan fingerprint density at radius 2 is 1.84 bits per heavy atom. The first kappa shape index (κ1) is 23.4. The van der Waals surface area contributed by atoms with Crippen LogP contribution in [-0.2, 0) is 27.8 Å². The van der Waals surface area contributed by atoms with Crippen LogP contribution < -0.4 is 5.32 Å². The van der Waals surface area contributed by atoms with Crippen molar-refractivity contribution in [2.24, 2.45) is 0 Å². The van der Waals surface area contributed by atoms with Crippen LogP contribution in [0.2, 0.25) is 5.02 Å².